The van der Waals surface area contributed by atoms with Crippen molar-refractivity contribution in [3.63, 3.8) is 0 Å². The predicted octanol–water partition coefficient (Wildman–Crippen LogP) is 4.30. The summed E-state index contributed by atoms with van der Waals surface area (Å²) >= 11 is 0. The Morgan fingerprint density at radius 3 is 2.10 bits per heavy atom. The van der Waals surface area contributed by atoms with Gasteiger partial charge in [0.2, 0.25) is 0 Å². The number of aromatic nitrogens is 1. The van der Waals surface area contributed by atoms with Gasteiger partial charge in [-0.3, -0.25) is 35.3 Å². The molecule has 0 N–H and O–H groups in total. The van der Waals surface area contributed by atoms with Crippen LogP contribution in [0.2, 0.25) is 0 Å². The summed E-state index contributed by atoms with van der Waals surface area (Å²) in [5.41, 5.74) is -1.83. The molecule has 150 valence electrons. The van der Waals surface area contributed by atoms with Crippen LogP contribution < -0.4 is 4.74 Å². The van der Waals surface area contributed by atoms with Crippen molar-refractivity contribution in [2.24, 2.45) is 5.92 Å². The molecule has 0 amide bonds. The molecule has 2 rings (SSSR count). The van der Waals surface area contributed by atoms with Gasteiger partial charge in [0.05, 0.1) is 32.6 Å². The highest BCUT2D eigenvalue weighted by Gasteiger charge is 2.33. The van der Waals surface area contributed by atoms with Crippen molar-refractivity contribution < 1.29 is 19.5 Å². The van der Waals surface area contributed by atoms with Gasteiger partial charge in [-0.25, -0.2) is 0 Å². The summed E-state index contributed by atoms with van der Waals surface area (Å²) < 4.78 is 5.46. The molecular weight excluding hydrogens is 384 g/mol. The second-order valence-corrected chi connectivity index (χ2v) is 6.39. The van der Waals surface area contributed by atoms with Gasteiger partial charge < -0.3 is 4.74 Å². The van der Waals surface area contributed by atoms with E-state index in [1.807, 2.05) is 13.8 Å². The van der Waals surface area contributed by atoms with E-state index < -0.39 is 37.6 Å². The lowest BCUT2D eigenvalue weighted by Crippen LogP contribution is -2.02. The molecule has 0 aliphatic carbocycles. The Bertz CT molecular complexity index is 1020. The Balaban J connectivity index is 2.58. The van der Waals surface area contributed by atoms with Crippen LogP contribution in [0.1, 0.15) is 31.5 Å². The number of hydrogen-bond donors (Lipinski definition) is 0. The SMILES string of the molecule is Cc1ncc(C#CCC(C)C)cc1Oc1c([N+](=O)[O-])cc([N+](=O)[O-])cc1[N+](=O)[O-]. The molecule has 0 radical (unpaired) electrons. The average molecular weight is 400 g/mol. The molecule has 0 aliphatic rings. The fraction of sp³-hybridized carbons (Fsp3) is 0.278. The molecule has 0 atom stereocenters. The maximum atomic E-state index is 11.4. The highest BCUT2D eigenvalue weighted by molar-refractivity contribution is 5.66. The molecule has 1 aromatic heterocycles. The second-order valence-electron chi connectivity index (χ2n) is 6.39. The van der Waals surface area contributed by atoms with Crippen molar-refractivity contribution in [3.05, 3.63) is 66.0 Å². The number of ether oxygens (including phenoxy) is 1. The van der Waals surface area contributed by atoms with E-state index in [9.17, 15) is 30.3 Å². The van der Waals surface area contributed by atoms with Crippen LogP contribution in [-0.4, -0.2) is 19.8 Å². The first-order chi connectivity index (χ1) is 13.6. The van der Waals surface area contributed by atoms with Crippen LogP contribution in [0.25, 0.3) is 0 Å². The van der Waals surface area contributed by atoms with Gasteiger partial charge in [0, 0.05) is 18.2 Å². The quantitative estimate of drug-likeness (QED) is 0.395. The van der Waals surface area contributed by atoms with E-state index in [0.29, 0.717) is 35.7 Å². The monoisotopic (exact) mass is 400 g/mol. The highest BCUT2D eigenvalue weighted by Crippen LogP contribution is 2.43. The van der Waals surface area contributed by atoms with E-state index in [1.165, 1.54) is 12.3 Å². The maximum Gasteiger partial charge on any atom is 0.325 e. The lowest BCUT2D eigenvalue weighted by Gasteiger charge is -2.09. The molecule has 11 nitrogen and oxygen atoms in total. The minimum Gasteiger partial charge on any atom is -0.442 e. The van der Waals surface area contributed by atoms with E-state index in [2.05, 4.69) is 16.8 Å². The number of non-ortho nitro benzene ring substituents is 1. The van der Waals surface area contributed by atoms with Crippen molar-refractivity contribution in [2.45, 2.75) is 27.2 Å². The van der Waals surface area contributed by atoms with Crippen molar-refractivity contribution in [3.8, 4) is 23.3 Å². The maximum absolute atomic E-state index is 11.4. The first-order valence-electron chi connectivity index (χ1n) is 8.34. The van der Waals surface area contributed by atoms with Gasteiger partial charge in [0.1, 0.15) is 0 Å². The molecule has 0 saturated heterocycles. The minimum absolute atomic E-state index is 0.0152. The van der Waals surface area contributed by atoms with Crippen molar-refractivity contribution in [2.75, 3.05) is 0 Å². The highest BCUT2D eigenvalue weighted by atomic mass is 16.6. The molecule has 0 unspecified atom stereocenters. The lowest BCUT2D eigenvalue weighted by atomic mass is 10.1. The minimum atomic E-state index is -0.982. The number of nitro groups is 3. The molecule has 0 spiro atoms. The summed E-state index contributed by atoms with van der Waals surface area (Å²) in [6, 6.07) is 2.67. The summed E-state index contributed by atoms with van der Waals surface area (Å²) in [6.45, 7) is 5.55. The van der Waals surface area contributed by atoms with Gasteiger partial charge in [0.25, 0.3) is 11.4 Å². The summed E-state index contributed by atoms with van der Waals surface area (Å²) in [5, 5.41) is 33.7. The number of pyridine rings is 1. The standard InChI is InChI=1S/C18H16N4O7/c1-11(2)5-4-6-13-7-17(12(3)19-10-13)29-18-15(21(25)26)8-14(20(23)24)9-16(18)22(27)28/h7-11H,5H2,1-3H3. The first-order valence-corrected chi connectivity index (χ1v) is 8.34. The molecule has 1 heterocycles. The van der Waals surface area contributed by atoms with Gasteiger partial charge in [0.15, 0.2) is 5.75 Å². The smallest absolute Gasteiger partial charge is 0.325 e. The summed E-state index contributed by atoms with van der Waals surface area (Å²) in [6.07, 6.45) is 2.12. The van der Waals surface area contributed by atoms with Crippen LogP contribution >= 0.6 is 0 Å². The summed E-state index contributed by atoms with van der Waals surface area (Å²) in [4.78, 5) is 34.9. The fourth-order valence-electron chi connectivity index (χ4n) is 2.22. The van der Waals surface area contributed by atoms with Gasteiger partial charge in [-0.1, -0.05) is 25.7 Å². The number of hydrogen-bond acceptors (Lipinski definition) is 8. The zero-order valence-corrected chi connectivity index (χ0v) is 15.7. The van der Waals surface area contributed by atoms with Crippen molar-refractivity contribution in [1.29, 1.82) is 0 Å². The first kappa shape index (κ1) is 21.2. The Morgan fingerprint density at radius 2 is 1.62 bits per heavy atom. The molecule has 1 aromatic carbocycles. The third kappa shape index (κ3) is 5.23. The largest absolute Gasteiger partial charge is 0.442 e. The molecular formula is C18H16N4O7. The number of nitrogens with zero attached hydrogens (tertiary/aromatic N) is 4. The van der Waals surface area contributed by atoms with Crippen molar-refractivity contribution >= 4 is 17.1 Å². The molecule has 29 heavy (non-hydrogen) atoms. The zero-order valence-electron chi connectivity index (χ0n) is 15.7. The number of rotatable bonds is 6. The van der Waals surface area contributed by atoms with E-state index in [-0.39, 0.29) is 5.75 Å². The van der Waals surface area contributed by atoms with Gasteiger partial charge in [-0.2, -0.15) is 0 Å². The molecule has 0 saturated carbocycles. The molecule has 2 aromatic rings. The van der Waals surface area contributed by atoms with Crippen LogP contribution in [0.5, 0.6) is 11.5 Å². The molecule has 0 fully saturated rings. The molecule has 11 heteroatoms. The summed E-state index contributed by atoms with van der Waals surface area (Å²) in [7, 11) is 0. The Morgan fingerprint density at radius 1 is 1.03 bits per heavy atom. The average Bonchev–Trinajstić information content (AvgIpc) is 2.63. The Hall–Kier alpha value is -4.07. The number of benzene rings is 1. The van der Waals surface area contributed by atoms with Crippen LogP contribution in [-0.2, 0) is 0 Å². The van der Waals surface area contributed by atoms with E-state index in [4.69, 9.17) is 4.74 Å². The predicted molar refractivity (Wildman–Crippen MR) is 102 cm³/mol. The van der Waals surface area contributed by atoms with Crippen LogP contribution in [0, 0.1) is 55.0 Å². The number of aryl methyl sites for hydroxylation is 1. The van der Waals surface area contributed by atoms with Gasteiger partial charge >= 0.3 is 11.4 Å². The Labute approximate surface area is 164 Å². The molecule has 0 aliphatic heterocycles. The zero-order chi connectivity index (χ0) is 21.7. The van der Waals surface area contributed by atoms with Crippen molar-refractivity contribution in [1.82, 2.24) is 4.98 Å². The third-order valence-corrected chi connectivity index (χ3v) is 3.63. The fourth-order valence-corrected chi connectivity index (χ4v) is 2.22. The third-order valence-electron chi connectivity index (χ3n) is 3.63. The second kappa shape index (κ2) is 8.75. The molecule has 0 bridgehead atoms. The van der Waals surface area contributed by atoms with E-state index in [1.54, 1.807) is 6.92 Å². The van der Waals surface area contributed by atoms with Crippen LogP contribution in [0.3, 0.4) is 0 Å². The van der Waals surface area contributed by atoms with E-state index in [0.717, 1.165) is 0 Å². The van der Waals surface area contributed by atoms with Gasteiger partial charge in [-0.05, 0) is 18.9 Å². The van der Waals surface area contributed by atoms with Crippen LogP contribution in [0.15, 0.2) is 24.4 Å². The normalized spacial score (nSPS) is 10.2. The number of nitro benzene ring substituents is 3. The lowest BCUT2D eigenvalue weighted by molar-refractivity contribution is -0.404. The Kier molecular flexibility index (Phi) is 6.40. The van der Waals surface area contributed by atoms with E-state index >= 15 is 0 Å². The topological polar surface area (TPSA) is 152 Å². The summed E-state index contributed by atoms with van der Waals surface area (Å²) in [5.74, 6) is 5.49. The van der Waals surface area contributed by atoms with Crippen LogP contribution in [0.4, 0.5) is 17.1 Å². The van der Waals surface area contributed by atoms with Gasteiger partial charge in [-0.15, -0.1) is 0 Å².